The van der Waals surface area contributed by atoms with E-state index in [0.717, 1.165) is 32.4 Å². The second-order valence-electron chi connectivity index (χ2n) is 7.01. The minimum atomic E-state index is -0.126. The lowest BCUT2D eigenvalue weighted by atomic mass is 9.93. The highest BCUT2D eigenvalue weighted by atomic mass is 35.5. The molecule has 0 aliphatic carbocycles. The van der Waals surface area contributed by atoms with Crippen molar-refractivity contribution >= 4 is 35.0 Å². The molecule has 0 spiro atoms. The van der Waals surface area contributed by atoms with Gasteiger partial charge >= 0.3 is 0 Å². The molecule has 7 heteroatoms. The van der Waals surface area contributed by atoms with Crippen LogP contribution in [0, 0.1) is 5.92 Å². The van der Waals surface area contributed by atoms with E-state index >= 15 is 0 Å². The average Bonchev–Trinajstić information content (AvgIpc) is 2.68. The quantitative estimate of drug-likeness (QED) is 0.848. The fourth-order valence-corrected chi connectivity index (χ4v) is 4.04. The molecule has 5 nitrogen and oxygen atoms in total. The van der Waals surface area contributed by atoms with Gasteiger partial charge in [-0.25, -0.2) is 0 Å². The second-order valence-corrected chi connectivity index (χ2v) is 7.79. The van der Waals surface area contributed by atoms with Gasteiger partial charge in [0.05, 0.1) is 15.6 Å². The molecule has 1 aromatic rings. The van der Waals surface area contributed by atoms with Crippen LogP contribution in [0.25, 0.3) is 0 Å². The number of benzene rings is 1. The van der Waals surface area contributed by atoms with Crippen LogP contribution in [0.5, 0.6) is 0 Å². The molecule has 0 unspecified atom stereocenters. The Labute approximate surface area is 164 Å². The molecule has 2 amide bonds. The van der Waals surface area contributed by atoms with Crippen LogP contribution in [0.2, 0.25) is 10.0 Å². The Morgan fingerprint density at radius 1 is 1.04 bits per heavy atom. The maximum Gasteiger partial charge on any atom is 0.255 e. The van der Waals surface area contributed by atoms with Crippen LogP contribution in [0.15, 0.2) is 18.2 Å². The van der Waals surface area contributed by atoms with Crippen LogP contribution in [0.3, 0.4) is 0 Å². The Kier molecular flexibility index (Phi) is 6.79. The first-order chi connectivity index (χ1) is 12.6. The van der Waals surface area contributed by atoms with E-state index < -0.39 is 0 Å². The summed E-state index contributed by atoms with van der Waals surface area (Å²) < 4.78 is 0. The highest BCUT2D eigenvalue weighted by molar-refractivity contribution is 6.43. The predicted octanol–water partition coefficient (Wildman–Crippen LogP) is 3.06. The van der Waals surface area contributed by atoms with Gasteiger partial charge in [0.25, 0.3) is 5.91 Å². The number of piperidine rings is 1. The van der Waals surface area contributed by atoms with Crippen molar-refractivity contribution in [2.75, 3.05) is 39.3 Å². The first kappa shape index (κ1) is 19.5. The highest BCUT2D eigenvalue weighted by Gasteiger charge is 2.26. The number of halogens is 2. The molecule has 26 heavy (non-hydrogen) atoms. The minimum Gasteiger partial charge on any atom is -0.339 e. The monoisotopic (exact) mass is 397 g/mol. The van der Waals surface area contributed by atoms with E-state index in [1.807, 2.05) is 4.90 Å². The van der Waals surface area contributed by atoms with Crippen molar-refractivity contribution in [1.29, 1.82) is 0 Å². The zero-order chi connectivity index (χ0) is 18.5. The number of nitrogens with one attached hydrogen (secondary N) is 1. The largest absolute Gasteiger partial charge is 0.339 e. The molecule has 2 saturated heterocycles. The van der Waals surface area contributed by atoms with Gasteiger partial charge in [-0.1, -0.05) is 29.3 Å². The fourth-order valence-electron chi connectivity index (χ4n) is 3.65. The molecule has 2 heterocycles. The van der Waals surface area contributed by atoms with Crippen molar-refractivity contribution < 1.29 is 9.59 Å². The first-order valence-corrected chi connectivity index (χ1v) is 10.0. The molecule has 0 radical (unpaired) electrons. The van der Waals surface area contributed by atoms with Gasteiger partial charge in [0, 0.05) is 32.6 Å². The van der Waals surface area contributed by atoms with E-state index in [1.54, 1.807) is 23.1 Å². The van der Waals surface area contributed by atoms with Gasteiger partial charge in [-0.15, -0.1) is 0 Å². The van der Waals surface area contributed by atoms with Crippen molar-refractivity contribution in [3.8, 4) is 0 Å². The van der Waals surface area contributed by atoms with Gasteiger partial charge in [-0.2, -0.15) is 0 Å². The van der Waals surface area contributed by atoms with E-state index in [9.17, 15) is 9.59 Å². The van der Waals surface area contributed by atoms with Crippen molar-refractivity contribution in [3.05, 3.63) is 33.8 Å². The second kappa shape index (κ2) is 9.07. The number of nitrogens with zero attached hydrogens (tertiary/aromatic N) is 2. The summed E-state index contributed by atoms with van der Waals surface area (Å²) in [6.07, 6.45) is 3.91. The van der Waals surface area contributed by atoms with E-state index in [2.05, 4.69) is 5.32 Å². The van der Waals surface area contributed by atoms with Crippen molar-refractivity contribution in [3.63, 3.8) is 0 Å². The molecule has 1 aromatic carbocycles. The molecule has 2 aliphatic heterocycles. The lowest BCUT2D eigenvalue weighted by Crippen LogP contribution is -2.50. The zero-order valence-corrected chi connectivity index (χ0v) is 16.4. The lowest BCUT2D eigenvalue weighted by Gasteiger charge is -2.35. The number of hydrogen-bond donors (Lipinski definition) is 1. The molecule has 0 atom stereocenters. The maximum atomic E-state index is 12.7. The van der Waals surface area contributed by atoms with Crippen LogP contribution in [0.1, 0.15) is 36.0 Å². The van der Waals surface area contributed by atoms with Gasteiger partial charge in [-0.3, -0.25) is 9.59 Å². The van der Waals surface area contributed by atoms with Crippen molar-refractivity contribution in [1.82, 2.24) is 15.1 Å². The fraction of sp³-hybridized carbons (Fsp3) is 0.579. The number of amides is 2. The molecule has 142 valence electrons. The Balaban J connectivity index is 1.48. The highest BCUT2D eigenvalue weighted by Crippen LogP contribution is 2.27. The van der Waals surface area contributed by atoms with Crippen molar-refractivity contribution in [2.24, 2.45) is 5.92 Å². The number of rotatable bonds is 4. The van der Waals surface area contributed by atoms with Gasteiger partial charge < -0.3 is 15.1 Å². The van der Waals surface area contributed by atoms with Crippen LogP contribution in [0.4, 0.5) is 0 Å². The molecule has 0 aromatic heterocycles. The standard InChI is InChI=1S/C19H25Cl2N3O2/c20-16-3-1-2-15(18(16)21)19(26)24-12-10-23(11-13-24)17(25)5-4-14-6-8-22-9-7-14/h1-3,14,22H,4-13H2. The Morgan fingerprint density at radius 3 is 2.38 bits per heavy atom. The first-order valence-electron chi connectivity index (χ1n) is 9.28. The number of hydrogen-bond acceptors (Lipinski definition) is 3. The zero-order valence-electron chi connectivity index (χ0n) is 14.8. The number of carbonyl (C=O) groups is 2. The molecule has 0 saturated carbocycles. The molecule has 1 N–H and O–H groups in total. The summed E-state index contributed by atoms with van der Waals surface area (Å²) in [5, 5.41) is 4.02. The molecule has 2 fully saturated rings. The average molecular weight is 398 g/mol. The molecule has 3 rings (SSSR count). The topological polar surface area (TPSA) is 52.7 Å². The summed E-state index contributed by atoms with van der Waals surface area (Å²) in [4.78, 5) is 28.7. The molecule has 2 aliphatic rings. The van der Waals surface area contributed by atoms with Crippen LogP contribution < -0.4 is 5.32 Å². The number of carbonyl (C=O) groups excluding carboxylic acids is 2. The van der Waals surface area contributed by atoms with Gasteiger partial charge in [-0.05, 0) is 50.4 Å². The molecular formula is C19H25Cl2N3O2. The third-order valence-electron chi connectivity index (χ3n) is 5.33. The van der Waals surface area contributed by atoms with Crippen LogP contribution in [-0.2, 0) is 4.79 Å². The van der Waals surface area contributed by atoms with Crippen LogP contribution in [-0.4, -0.2) is 60.9 Å². The van der Waals surface area contributed by atoms with Gasteiger partial charge in [0.15, 0.2) is 0 Å². The maximum absolute atomic E-state index is 12.7. The van der Waals surface area contributed by atoms with Crippen molar-refractivity contribution in [2.45, 2.75) is 25.7 Å². The predicted molar refractivity (Wildman–Crippen MR) is 104 cm³/mol. The Hall–Kier alpha value is -1.30. The summed E-state index contributed by atoms with van der Waals surface area (Å²) in [6.45, 7) is 4.34. The Morgan fingerprint density at radius 2 is 1.69 bits per heavy atom. The van der Waals surface area contributed by atoms with E-state index in [4.69, 9.17) is 23.2 Å². The van der Waals surface area contributed by atoms with E-state index in [1.165, 1.54) is 0 Å². The molecular weight excluding hydrogens is 373 g/mol. The molecule has 0 bridgehead atoms. The smallest absolute Gasteiger partial charge is 0.255 e. The summed E-state index contributed by atoms with van der Waals surface area (Å²) in [6, 6.07) is 5.08. The van der Waals surface area contributed by atoms with Gasteiger partial charge in [0.1, 0.15) is 0 Å². The summed E-state index contributed by atoms with van der Waals surface area (Å²) in [5.41, 5.74) is 0.421. The summed E-state index contributed by atoms with van der Waals surface area (Å²) in [5.74, 6) is 0.740. The van der Waals surface area contributed by atoms with Crippen LogP contribution >= 0.6 is 23.2 Å². The normalized spacial score (nSPS) is 18.8. The third kappa shape index (κ3) is 4.70. The van der Waals surface area contributed by atoms with Gasteiger partial charge in [0.2, 0.25) is 5.91 Å². The minimum absolute atomic E-state index is 0.126. The lowest BCUT2D eigenvalue weighted by molar-refractivity contribution is -0.133. The summed E-state index contributed by atoms with van der Waals surface area (Å²) >= 11 is 12.2. The SMILES string of the molecule is O=C(CCC1CCNCC1)N1CCN(C(=O)c2cccc(Cl)c2Cl)CC1. The third-order valence-corrected chi connectivity index (χ3v) is 6.15. The Bertz CT molecular complexity index is 654. The van der Waals surface area contributed by atoms with E-state index in [0.29, 0.717) is 54.1 Å². The van der Waals surface area contributed by atoms with E-state index in [-0.39, 0.29) is 11.8 Å². The number of piperazine rings is 1. The summed E-state index contributed by atoms with van der Waals surface area (Å²) in [7, 11) is 0.